The zero-order valence-corrected chi connectivity index (χ0v) is 11.0. The first-order valence-corrected chi connectivity index (χ1v) is 6.40. The summed E-state index contributed by atoms with van der Waals surface area (Å²) < 4.78 is 0. The van der Waals surface area contributed by atoms with E-state index in [0.29, 0.717) is 11.4 Å². The van der Waals surface area contributed by atoms with Crippen molar-refractivity contribution in [3.8, 4) is 0 Å². The molecule has 20 heavy (non-hydrogen) atoms. The number of hydrogen-bond donors (Lipinski definition) is 4. The molecular formula is C12H18N6O2. The first kappa shape index (κ1) is 14.4. The third-order valence-electron chi connectivity index (χ3n) is 3.31. The largest absolute Gasteiger partial charge is 0.317 e. The number of hydrazine groups is 2. The second-order valence-corrected chi connectivity index (χ2v) is 4.61. The van der Waals surface area contributed by atoms with Gasteiger partial charge in [-0.2, -0.15) is 0 Å². The highest BCUT2D eigenvalue weighted by molar-refractivity contribution is 5.95. The summed E-state index contributed by atoms with van der Waals surface area (Å²) in [5, 5.41) is 4.23. The van der Waals surface area contributed by atoms with Gasteiger partial charge in [-0.25, -0.2) is 21.7 Å². The van der Waals surface area contributed by atoms with Gasteiger partial charge in [-0.3, -0.25) is 15.0 Å². The Morgan fingerprint density at radius 2 is 2.05 bits per heavy atom. The van der Waals surface area contributed by atoms with Gasteiger partial charge in [-0.15, -0.1) is 0 Å². The van der Waals surface area contributed by atoms with Crippen molar-refractivity contribution in [2.75, 3.05) is 18.1 Å². The molecule has 1 aromatic heterocycles. The van der Waals surface area contributed by atoms with Crippen molar-refractivity contribution >= 4 is 17.6 Å². The summed E-state index contributed by atoms with van der Waals surface area (Å²) in [7, 11) is 0. The summed E-state index contributed by atoms with van der Waals surface area (Å²) in [5.74, 6) is 10.4. The standard InChI is InChI=1S/C12H18N6O2/c13-17-11(19)9-1-2-10(16-7-9)18(14)12(20)8-3-5-15-6-4-8/h1-2,7-8,15H,3-6,13-14H2,(H,17,19). The lowest BCUT2D eigenvalue weighted by molar-refractivity contribution is -0.123. The van der Waals surface area contributed by atoms with Crippen LogP contribution in [0.2, 0.25) is 0 Å². The van der Waals surface area contributed by atoms with Crippen LogP contribution in [0.15, 0.2) is 18.3 Å². The van der Waals surface area contributed by atoms with Crippen LogP contribution in [-0.2, 0) is 4.79 Å². The molecule has 6 N–H and O–H groups in total. The van der Waals surface area contributed by atoms with E-state index in [2.05, 4.69) is 10.3 Å². The predicted molar refractivity (Wildman–Crippen MR) is 73.2 cm³/mol. The number of rotatable bonds is 3. The number of carbonyl (C=O) groups is 2. The van der Waals surface area contributed by atoms with Gasteiger partial charge in [0, 0.05) is 12.1 Å². The van der Waals surface area contributed by atoms with E-state index in [1.54, 1.807) is 0 Å². The van der Waals surface area contributed by atoms with Crippen LogP contribution in [0.25, 0.3) is 0 Å². The first-order chi connectivity index (χ1) is 9.63. The molecule has 0 atom stereocenters. The smallest absolute Gasteiger partial charge is 0.266 e. The molecule has 2 rings (SSSR count). The van der Waals surface area contributed by atoms with E-state index in [-0.39, 0.29) is 11.8 Å². The van der Waals surface area contributed by atoms with Crippen molar-refractivity contribution in [1.82, 2.24) is 15.7 Å². The predicted octanol–water partition coefficient (Wildman–Crippen LogP) is -1.11. The van der Waals surface area contributed by atoms with E-state index in [4.69, 9.17) is 11.7 Å². The molecule has 2 amide bonds. The quantitative estimate of drug-likeness (QED) is 0.315. The van der Waals surface area contributed by atoms with Crippen molar-refractivity contribution in [3.05, 3.63) is 23.9 Å². The van der Waals surface area contributed by atoms with E-state index in [9.17, 15) is 9.59 Å². The highest BCUT2D eigenvalue weighted by Crippen LogP contribution is 2.17. The van der Waals surface area contributed by atoms with Crippen LogP contribution in [0, 0.1) is 5.92 Å². The fraction of sp³-hybridized carbons (Fsp3) is 0.417. The summed E-state index contributed by atoms with van der Waals surface area (Å²) in [6.07, 6.45) is 2.85. The van der Waals surface area contributed by atoms with Crippen LogP contribution in [-0.4, -0.2) is 29.9 Å². The summed E-state index contributed by atoms with van der Waals surface area (Å²) in [6, 6.07) is 3.03. The van der Waals surface area contributed by atoms with Gasteiger partial charge in [0.25, 0.3) is 5.91 Å². The molecule has 1 aliphatic heterocycles. The van der Waals surface area contributed by atoms with Gasteiger partial charge in [-0.05, 0) is 38.1 Å². The zero-order valence-electron chi connectivity index (χ0n) is 11.0. The average Bonchev–Trinajstić information content (AvgIpc) is 2.53. The van der Waals surface area contributed by atoms with Crippen molar-refractivity contribution < 1.29 is 9.59 Å². The normalized spacial score (nSPS) is 15.7. The minimum atomic E-state index is -0.447. The molecule has 0 spiro atoms. The van der Waals surface area contributed by atoms with Gasteiger partial charge in [0.2, 0.25) is 5.91 Å². The highest BCUT2D eigenvalue weighted by atomic mass is 16.2. The lowest BCUT2D eigenvalue weighted by atomic mass is 9.97. The Morgan fingerprint density at radius 1 is 1.35 bits per heavy atom. The molecule has 8 nitrogen and oxygen atoms in total. The van der Waals surface area contributed by atoms with E-state index in [1.165, 1.54) is 18.3 Å². The number of amides is 2. The lowest BCUT2D eigenvalue weighted by Crippen LogP contribution is -2.45. The fourth-order valence-electron chi connectivity index (χ4n) is 2.12. The van der Waals surface area contributed by atoms with Crippen LogP contribution in [0.4, 0.5) is 5.82 Å². The monoisotopic (exact) mass is 278 g/mol. The number of carbonyl (C=O) groups excluding carboxylic acids is 2. The van der Waals surface area contributed by atoms with Crippen molar-refractivity contribution in [1.29, 1.82) is 0 Å². The number of nitrogens with zero attached hydrogens (tertiary/aromatic N) is 2. The molecule has 0 bridgehead atoms. The topological polar surface area (TPSA) is 126 Å². The van der Waals surface area contributed by atoms with E-state index < -0.39 is 5.91 Å². The molecule has 0 aromatic carbocycles. The molecule has 1 fully saturated rings. The molecule has 1 saturated heterocycles. The van der Waals surface area contributed by atoms with Crippen molar-refractivity contribution in [2.45, 2.75) is 12.8 Å². The van der Waals surface area contributed by atoms with Gasteiger partial charge < -0.3 is 5.32 Å². The molecule has 0 radical (unpaired) electrons. The fourth-order valence-corrected chi connectivity index (χ4v) is 2.12. The third kappa shape index (κ3) is 3.10. The Morgan fingerprint density at radius 3 is 2.60 bits per heavy atom. The molecular weight excluding hydrogens is 260 g/mol. The Balaban J connectivity index is 2.06. The number of nitrogens with two attached hydrogens (primary N) is 2. The number of pyridine rings is 1. The van der Waals surface area contributed by atoms with Crippen molar-refractivity contribution in [2.24, 2.45) is 17.6 Å². The summed E-state index contributed by atoms with van der Waals surface area (Å²) >= 11 is 0. The average molecular weight is 278 g/mol. The molecule has 108 valence electrons. The van der Waals surface area contributed by atoms with E-state index in [1.807, 2.05) is 5.43 Å². The minimum Gasteiger partial charge on any atom is -0.317 e. The number of hydrogen-bond acceptors (Lipinski definition) is 6. The Bertz CT molecular complexity index is 483. The van der Waals surface area contributed by atoms with Crippen LogP contribution >= 0.6 is 0 Å². The van der Waals surface area contributed by atoms with Gasteiger partial charge in [-0.1, -0.05) is 0 Å². The van der Waals surface area contributed by atoms with Gasteiger partial charge in [0.15, 0.2) is 0 Å². The van der Waals surface area contributed by atoms with Crippen LogP contribution < -0.4 is 27.4 Å². The van der Waals surface area contributed by atoms with Gasteiger partial charge in [0.1, 0.15) is 5.82 Å². The number of piperidine rings is 1. The first-order valence-electron chi connectivity index (χ1n) is 6.40. The molecule has 0 saturated carbocycles. The molecule has 1 aliphatic rings. The second kappa shape index (κ2) is 6.42. The van der Waals surface area contributed by atoms with Gasteiger partial charge in [0.05, 0.1) is 5.56 Å². The second-order valence-electron chi connectivity index (χ2n) is 4.61. The van der Waals surface area contributed by atoms with E-state index in [0.717, 1.165) is 30.9 Å². The number of anilines is 1. The minimum absolute atomic E-state index is 0.0879. The number of aromatic nitrogens is 1. The lowest BCUT2D eigenvalue weighted by Gasteiger charge is -2.25. The Kier molecular flexibility index (Phi) is 4.61. The maximum absolute atomic E-state index is 12.2. The molecule has 0 unspecified atom stereocenters. The third-order valence-corrected chi connectivity index (χ3v) is 3.31. The Hall–Kier alpha value is -2.03. The maximum atomic E-state index is 12.2. The van der Waals surface area contributed by atoms with Crippen molar-refractivity contribution in [3.63, 3.8) is 0 Å². The molecule has 0 aliphatic carbocycles. The van der Waals surface area contributed by atoms with Crippen LogP contribution in [0.5, 0.6) is 0 Å². The number of nitrogen functional groups attached to an aromatic ring is 1. The van der Waals surface area contributed by atoms with Crippen LogP contribution in [0.1, 0.15) is 23.2 Å². The zero-order chi connectivity index (χ0) is 14.5. The molecule has 8 heteroatoms. The highest BCUT2D eigenvalue weighted by Gasteiger charge is 2.25. The van der Waals surface area contributed by atoms with Crippen LogP contribution in [0.3, 0.4) is 0 Å². The summed E-state index contributed by atoms with van der Waals surface area (Å²) in [5.41, 5.74) is 2.31. The van der Waals surface area contributed by atoms with E-state index >= 15 is 0 Å². The van der Waals surface area contributed by atoms with Gasteiger partial charge >= 0.3 is 0 Å². The molecule has 2 heterocycles. The SMILES string of the molecule is NNC(=O)c1ccc(N(N)C(=O)C2CCNCC2)nc1. The summed E-state index contributed by atoms with van der Waals surface area (Å²) in [4.78, 5) is 27.5. The maximum Gasteiger partial charge on any atom is 0.266 e. The summed E-state index contributed by atoms with van der Waals surface area (Å²) in [6.45, 7) is 1.63. The Labute approximate surface area is 116 Å². The number of nitrogens with one attached hydrogen (secondary N) is 2. The molecule has 1 aromatic rings.